The molecule has 1 aliphatic rings. The Kier molecular flexibility index (Phi) is 7.07. The highest BCUT2D eigenvalue weighted by molar-refractivity contribution is 9.10. The molecule has 0 aliphatic heterocycles. The molecule has 152 valence electrons. The van der Waals surface area contributed by atoms with Crippen LogP contribution in [0.4, 0.5) is 0 Å². The maximum Gasteiger partial charge on any atom is 0.262 e. The zero-order chi connectivity index (χ0) is 20.8. The van der Waals surface area contributed by atoms with E-state index in [1.807, 2.05) is 28.8 Å². The van der Waals surface area contributed by atoms with Crippen molar-refractivity contribution in [1.82, 2.24) is 15.2 Å². The van der Waals surface area contributed by atoms with Crippen LogP contribution < -0.4 is 10.6 Å². The van der Waals surface area contributed by atoms with Crippen molar-refractivity contribution in [2.45, 2.75) is 31.8 Å². The molecule has 2 amide bonds. The SMILES string of the molecule is COCCCNC(=O)Cn1cc(/C=C(\C#N)C(=O)NC2CC2)c2cc(Br)ccc21. The van der Waals surface area contributed by atoms with Crippen LogP contribution >= 0.6 is 15.9 Å². The highest BCUT2D eigenvalue weighted by Gasteiger charge is 2.25. The Morgan fingerprint density at radius 3 is 2.90 bits per heavy atom. The standard InChI is InChI=1S/C21H23BrN4O3/c1-29-8-2-7-24-20(27)13-26-12-15(18-10-16(22)3-6-19(18)26)9-14(11-23)21(28)25-17-4-5-17/h3,6,9-10,12,17H,2,4-5,7-8,13H2,1H3,(H,24,27)(H,25,28)/b14-9+. The topological polar surface area (TPSA) is 96.2 Å². The summed E-state index contributed by atoms with van der Waals surface area (Å²) in [6.45, 7) is 1.29. The number of hydrogen-bond donors (Lipinski definition) is 2. The summed E-state index contributed by atoms with van der Waals surface area (Å²) in [5.74, 6) is -0.467. The van der Waals surface area contributed by atoms with E-state index < -0.39 is 0 Å². The maximum atomic E-state index is 12.3. The largest absolute Gasteiger partial charge is 0.385 e. The van der Waals surface area contributed by atoms with Gasteiger partial charge in [0, 0.05) is 53.4 Å². The number of nitrogens with one attached hydrogen (secondary N) is 2. The lowest BCUT2D eigenvalue weighted by Gasteiger charge is -2.07. The van der Waals surface area contributed by atoms with Crippen LogP contribution in [-0.2, 0) is 20.9 Å². The molecule has 1 saturated carbocycles. The number of rotatable bonds is 9. The average molecular weight is 459 g/mol. The number of carbonyl (C=O) groups excluding carboxylic acids is 2. The van der Waals surface area contributed by atoms with E-state index in [4.69, 9.17) is 4.74 Å². The van der Waals surface area contributed by atoms with Gasteiger partial charge in [0.25, 0.3) is 5.91 Å². The summed E-state index contributed by atoms with van der Waals surface area (Å²) < 4.78 is 7.69. The zero-order valence-electron chi connectivity index (χ0n) is 16.2. The van der Waals surface area contributed by atoms with Gasteiger partial charge in [-0.1, -0.05) is 15.9 Å². The van der Waals surface area contributed by atoms with Gasteiger partial charge in [0.15, 0.2) is 0 Å². The van der Waals surface area contributed by atoms with Crippen LogP contribution in [0.25, 0.3) is 17.0 Å². The normalized spacial score (nSPS) is 13.9. The molecule has 8 heteroatoms. The Labute approximate surface area is 177 Å². The van der Waals surface area contributed by atoms with E-state index in [1.165, 1.54) is 0 Å². The van der Waals surface area contributed by atoms with Crippen molar-refractivity contribution in [2.24, 2.45) is 0 Å². The number of ether oxygens (including phenoxy) is 1. The molecule has 0 unspecified atom stereocenters. The monoisotopic (exact) mass is 458 g/mol. The first kappa shape index (κ1) is 21.1. The van der Waals surface area contributed by atoms with Gasteiger partial charge < -0.3 is 19.9 Å². The van der Waals surface area contributed by atoms with Crippen molar-refractivity contribution in [3.8, 4) is 6.07 Å². The molecule has 1 heterocycles. The lowest BCUT2D eigenvalue weighted by molar-refractivity contribution is -0.121. The molecule has 0 bridgehead atoms. The van der Waals surface area contributed by atoms with Crippen molar-refractivity contribution in [3.63, 3.8) is 0 Å². The fourth-order valence-electron chi connectivity index (χ4n) is 2.99. The van der Waals surface area contributed by atoms with Gasteiger partial charge >= 0.3 is 0 Å². The Morgan fingerprint density at radius 2 is 2.21 bits per heavy atom. The summed E-state index contributed by atoms with van der Waals surface area (Å²) >= 11 is 3.46. The van der Waals surface area contributed by atoms with E-state index in [1.54, 1.807) is 19.4 Å². The quantitative estimate of drug-likeness (QED) is 0.343. The van der Waals surface area contributed by atoms with Crippen LogP contribution in [0.1, 0.15) is 24.8 Å². The molecule has 0 radical (unpaired) electrons. The van der Waals surface area contributed by atoms with Crippen molar-refractivity contribution >= 4 is 44.7 Å². The molecular weight excluding hydrogens is 436 g/mol. The molecule has 2 aromatic rings. The van der Waals surface area contributed by atoms with E-state index in [0.29, 0.717) is 13.2 Å². The van der Waals surface area contributed by atoms with Crippen molar-refractivity contribution < 1.29 is 14.3 Å². The van der Waals surface area contributed by atoms with Gasteiger partial charge in [0.2, 0.25) is 5.91 Å². The van der Waals surface area contributed by atoms with Gasteiger partial charge in [-0.25, -0.2) is 0 Å². The molecule has 0 saturated heterocycles. The number of carbonyl (C=O) groups is 2. The Balaban J connectivity index is 1.84. The van der Waals surface area contributed by atoms with Gasteiger partial charge in [0.05, 0.1) is 0 Å². The third-order valence-corrected chi connectivity index (χ3v) is 5.11. The molecule has 1 aromatic heterocycles. The van der Waals surface area contributed by atoms with Gasteiger partial charge in [-0.2, -0.15) is 5.26 Å². The fourth-order valence-corrected chi connectivity index (χ4v) is 3.35. The van der Waals surface area contributed by atoms with Crippen molar-refractivity contribution in [2.75, 3.05) is 20.3 Å². The van der Waals surface area contributed by atoms with Crippen LogP contribution in [0, 0.1) is 11.3 Å². The third kappa shape index (κ3) is 5.68. The third-order valence-electron chi connectivity index (χ3n) is 4.61. The number of aromatic nitrogens is 1. The van der Waals surface area contributed by atoms with Crippen LogP contribution in [0.5, 0.6) is 0 Å². The van der Waals surface area contributed by atoms with Crippen molar-refractivity contribution in [1.29, 1.82) is 5.26 Å². The molecule has 2 N–H and O–H groups in total. The summed E-state index contributed by atoms with van der Waals surface area (Å²) in [6.07, 6.45) is 6.04. The number of methoxy groups -OCH3 is 1. The zero-order valence-corrected chi connectivity index (χ0v) is 17.8. The smallest absolute Gasteiger partial charge is 0.262 e. The van der Waals surface area contributed by atoms with Gasteiger partial charge in [-0.05, 0) is 43.5 Å². The summed E-state index contributed by atoms with van der Waals surface area (Å²) in [5.41, 5.74) is 1.63. The molecule has 0 spiro atoms. The van der Waals surface area contributed by atoms with E-state index in [9.17, 15) is 14.9 Å². The Hall–Kier alpha value is -2.63. The molecule has 0 atom stereocenters. The Morgan fingerprint density at radius 1 is 1.41 bits per heavy atom. The first-order valence-electron chi connectivity index (χ1n) is 9.48. The molecule has 7 nitrogen and oxygen atoms in total. The summed E-state index contributed by atoms with van der Waals surface area (Å²) in [7, 11) is 1.63. The number of halogens is 1. The molecule has 1 fully saturated rings. The lowest BCUT2D eigenvalue weighted by atomic mass is 10.1. The highest BCUT2D eigenvalue weighted by atomic mass is 79.9. The Bertz CT molecular complexity index is 986. The minimum absolute atomic E-state index is 0.0555. The molecular formula is C21H23BrN4O3. The minimum Gasteiger partial charge on any atom is -0.385 e. The van der Waals surface area contributed by atoms with E-state index >= 15 is 0 Å². The fraction of sp³-hybridized carbons (Fsp3) is 0.381. The summed E-state index contributed by atoms with van der Waals surface area (Å²) in [6, 6.07) is 7.89. The molecule has 1 aliphatic carbocycles. The molecule has 29 heavy (non-hydrogen) atoms. The van der Waals surface area contributed by atoms with Gasteiger partial charge in [-0.3, -0.25) is 9.59 Å². The van der Waals surface area contributed by atoms with Crippen LogP contribution in [0.2, 0.25) is 0 Å². The second kappa shape index (κ2) is 9.72. The molecule has 3 rings (SSSR count). The number of nitriles is 1. The number of benzene rings is 1. The van der Waals surface area contributed by atoms with E-state index in [0.717, 1.165) is 40.2 Å². The van der Waals surface area contributed by atoms with Crippen LogP contribution in [0.15, 0.2) is 34.4 Å². The lowest BCUT2D eigenvalue weighted by Crippen LogP contribution is -2.28. The number of amides is 2. The average Bonchev–Trinajstić information content (AvgIpc) is 3.45. The summed E-state index contributed by atoms with van der Waals surface area (Å²) in [5, 5.41) is 16.0. The van der Waals surface area contributed by atoms with Gasteiger partial charge in [-0.15, -0.1) is 0 Å². The molecule has 1 aromatic carbocycles. The first-order chi connectivity index (χ1) is 14.0. The summed E-state index contributed by atoms with van der Waals surface area (Å²) in [4.78, 5) is 24.6. The van der Waals surface area contributed by atoms with Crippen LogP contribution in [0.3, 0.4) is 0 Å². The number of fused-ring (bicyclic) bond motifs is 1. The number of nitrogens with zero attached hydrogens (tertiary/aromatic N) is 2. The highest BCUT2D eigenvalue weighted by Crippen LogP contribution is 2.27. The second-order valence-electron chi connectivity index (χ2n) is 6.99. The second-order valence-corrected chi connectivity index (χ2v) is 7.90. The van der Waals surface area contributed by atoms with Gasteiger partial charge in [0.1, 0.15) is 18.2 Å². The minimum atomic E-state index is -0.359. The van der Waals surface area contributed by atoms with E-state index in [2.05, 4.69) is 26.6 Å². The predicted molar refractivity (Wildman–Crippen MR) is 114 cm³/mol. The maximum absolute atomic E-state index is 12.3. The van der Waals surface area contributed by atoms with E-state index in [-0.39, 0.29) is 30.0 Å². The number of hydrogen-bond acceptors (Lipinski definition) is 4. The van der Waals surface area contributed by atoms with Crippen molar-refractivity contribution in [3.05, 3.63) is 40.0 Å². The first-order valence-corrected chi connectivity index (χ1v) is 10.3. The van der Waals surface area contributed by atoms with Crippen LogP contribution in [-0.4, -0.2) is 42.7 Å². The predicted octanol–water partition coefficient (Wildman–Crippen LogP) is 2.74.